The molecule has 0 amide bonds. The van der Waals surface area contributed by atoms with Crippen molar-refractivity contribution in [1.82, 2.24) is 0 Å². The topological polar surface area (TPSA) is 72.8 Å². The quantitative estimate of drug-likeness (QED) is 0.607. The minimum absolute atomic E-state index is 0.113. The Morgan fingerprint density at radius 2 is 1.88 bits per heavy atom. The molecule has 0 bridgehead atoms. The summed E-state index contributed by atoms with van der Waals surface area (Å²) < 4.78 is 10.2. The van der Waals surface area contributed by atoms with Gasteiger partial charge in [0.2, 0.25) is 0 Å². The van der Waals surface area contributed by atoms with Gasteiger partial charge in [0.05, 0.1) is 5.92 Å². The lowest BCUT2D eigenvalue weighted by molar-refractivity contribution is -0.162. The maximum absolute atomic E-state index is 12.8. The molecule has 142 valence electrons. The number of ether oxygens (including phenoxy) is 2. The Kier molecular flexibility index (Phi) is 5.97. The number of rotatable bonds is 5. The van der Waals surface area contributed by atoms with E-state index >= 15 is 0 Å². The molecular weight excluding hydrogens is 320 g/mol. The second kappa shape index (κ2) is 7.48. The van der Waals surface area contributed by atoms with Crippen molar-refractivity contribution < 1.29 is 24.2 Å². The molecule has 2 aliphatic rings. The van der Waals surface area contributed by atoms with Gasteiger partial charge in [-0.2, -0.15) is 0 Å². The van der Waals surface area contributed by atoms with E-state index in [4.69, 9.17) is 9.47 Å². The van der Waals surface area contributed by atoms with Gasteiger partial charge in [0, 0.05) is 6.92 Å². The maximum Gasteiger partial charge on any atom is 0.313 e. The van der Waals surface area contributed by atoms with Gasteiger partial charge in [-0.25, -0.2) is 0 Å². The van der Waals surface area contributed by atoms with Crippen LogP contribution in [0.2, 0.25) is 0 Å². The van der Waals surface area contributed by atoms with E-state index < -0.39 is 12.1 Å². The molecule has 5 nitrogen and oxygen atoms in total. The number of hydrogen-bond donors (Lipinski definition) is 1. The van der Waals surface area contributed by atoms with Crippen molar-refractivity contribution in [2.45, 2.75) is 66.4 Å². The van der Waals surface area contributed by atoms with Crippen LogP contribution >= 0.6 is 0 Å². The van der Waals surface area contributed by atoms with Crippen LogP contribution in [0, 0.1) is 22.7 Å². The van der Waals surface area contributed by atoms with Crippen LogP contribution in [0.3, 0.4) is 0 Å². The summed E-state index contributed by atoms with van der Waals surface area (Å²) in [5, 5.41) is 9.82. The Labute approximate surface area is 150 Å². The lowest BCUT2D eigenvalue weighted by atomic mass is 9.49. The van der Waals surface area contributed by atoms with Gasteiger partial charge in [0.15, 0.2) is 0 Å². The highest BCUT2D eigenvalue weighted by Crippen LogP contribution is 2.59. The summed E-state index contributed by atoms with van der Waals surface area (Å²) in [5.41, 5.74) is 1.16. The molecule has 1 fully saturated rings. The van der Waals surface area contributed by atoms with E-state index in [2.05, 4.69) is 26.8 Å². The number of aliphatic hydroxyl groups is 1. The van der Waals surface area contributed by atoms with Crippen LogP contribution in [0.4, 0.5) is 0 Å². The molecule has 0 aromatic rings. The Bertz CT molecular complexity index is 550. The molecule has 25 heavy (non-hydrogen) atoms. The Balaban J connectivity index is 2.08. The first kappa shape index (κ1) is 20.0. The number of carbonyl (C=O) groups excluding carboxylic acids is 2. The van der Waals surface area contributed by atoms with Gasteiger partial charge < -0.3 is 14.6 Å². The van der Waals surface area contributed by atoms with Gasteiger partial charge >= 0.3 is 11.9 Å². The number of carbonyl (C=O) groups is 2. The number of hydrogen-bond acceptors (Lipinski definition) is 5. The molecule has 2 rings (SSSR count). The highest BCUT2D eigenvalue weighted by atomic mass is 16.6. The van der Waals surface area contributed by atoms with Gasteiger partial charge in [0.1, 0.15) is 19.3 Å². The van der Waals surface area contributed by atoms with Crippen LogP contribution in [-0.2, 0) is 19.1 Å². The second-order valence-corrected chi connectivity index (χ2v) is 8.60. The summed E-state index contributed by atoms with van der Waals surface area (Å²) in [6, 6.07) is 0. The first-order valence-corrected chi connectivity index (χ1v) is 9.22. The van der Waals surface area contributed by atoms with Crippen molar-refractivity contribution >= 4 is 11.9 Å². The fourth-order valence-corrected chi connectivity index (χ4v) is 5.02. The number of esters is 2. The van der Waals surface area contributed by atoms with E-state index in [0.29, 0.717) is 5.92 Å². The third-order valence-corrected chi connectivity index (χ3v) is 6.20. The molecule has 5 heteroatoms. The molecule has 1 saturated carbocycles. The third kappa shape index (κ3) is 4.25. The van der Waals surface area contributed by atoms with Crippen molar-refractivity contribution in [2.24, 2.45) is 22.7 Å². The van der Waals surface area contributed by atoms with Crippen molar-refractivity contribution in [3.63, 3.8) is 0 Å². The van der Waals surface area contributed by atoms with Gasteiger partial charge in [-0.1, -0.05) is 38.8 Å². The van der Waals surface area contributed by atoms with Crippen LogP contribution in [0.25, 0.3) is 0 Å². The van der Waals surface area contributed by atoms with Gasteiger partial charge in [-0.05, 0) is 42.9 Å². The van der Waals surface area contributed by atoms with Crippen LogP contribution in [-0.4, -0.2) is 36.4 Å². The Morgan fingerprint density at radius 3 is 2.52 bits per heavy atom. The fourth-order valence-electron chi connectivity index (χ4n) is 5.02. The molecule has 2 unspecified atom stereocenters. The molecule has 0 heterocycles. The summed E-state index contributed by atoms with van der Waals surface area (Å²) >= 11 is 0. The van der Waals surface area contributed by atoms with E-state index in [1.165, 1.54) is 13.3 Å². The van der Waals surface area contributed by atoms with Crippen molar-refractivity contribution in [3.05, 3.63) is 11.6 Å². The zero-order chi connectivity index (χ0) is 18.8. The van der Waals surface area contributed by atoms with E-state index in [1.807, 2.05) is 6.92 Å². The Morgan fingerprint density at radius 1 is 1.24 bits per heavy atom. The highest BCUT2D eigenvalue weighted by molar-refractivity contribution is 5.77. The van der Waals surface area contributed by atoms with E-state index in [1.54, 1.807) is 0 Å². The second-order valence-electron chi connectivity index (χ2n) is 8.60. The molecule has 0 aromatic heterocycles. The van der Waals surface area contributed by atoms with E-state index in [-0.39, 0.29) is 35.9 Å². The largest absolute Gasteiger partial charge is 0.463 e. The van der Waals surface area contributed by atoms with E-state index in [0.717, 1.165) is 24.8 Å². The minimum Gasteiger partial charge on any atom is -0.463 e. The minimum atomic E-state index is -0.993. The average Bonchev–Trinajstić information content (AvgIpc) is 2.49. The predicted octanol–water partition coefficient (Wildman–Crippen LogP) is 3.25. The number of aliphatic hydroxyl groups excluding tert-OH is 1. The number of allylic oxidation sites excluding steroid dienone is 1. The first-order valence-electron chi connectivity index (χ1n) is 9.22. The van der Waals surface area contributed by atoms with Crippen LogP contribution < -0.4 is 0 Å². The zero-order valence-electron chi connectivity index (χ0n) is 16.1. The van der Waals surface area contributed by atoms with Crippen LogP contribution in [0.5, 0.6) is 0 Å². The molecular formula is C20H32O5. The summed E-state index contributed by atoms with van der Waals surface area (Å²) in [4.78, 5) is 23.6. The van der Waals surface area contributed by atoms with Crippen LogP contribution in [0.1, 0.15) is 60.3 Å². The monoisotopic (exact) mass is 352 g/mol. The average molecular weight is 352 g/mol. The van der Waals surface area contributed by atoms with Crippen LogP contribution in [0.15, 0.2) is 11.6 Å². The summed E-state index contributed by atoms with van der Waals surface area (Å²) in [5.74, 6) is -0.565. The fraction of sp³-hybridized carbons (Fsp3) is 0.800. The number of fused-ring (bicyclic) bond motifs is 1. The summed E-state index contributed by atoms with van der Waals surface area (Å²) in [7, 11) is 0. The first-order chi connectivity index (χ1) is 11.6. The molecule has 2 aliphatic carbocycles. The van der Waals surface area contributed by atoms with Crippen molar-refractivity contribution in [1.29, 1.82) is 0 Å². The normalized spacial score (nSPS) is 32.2. The Hall–Kier alpha value is -1.36. The maximum atomic E-state index is 12.8. The van der Waals surface area contributed by atoms with Crippen molar-refractivity contribution in [3.8, 4) is 0 Å². The van der Waals surface area contributed by atoms with Gasteiger partial charge in [-0.15, -0.1) is 0 Å². The predicted molar refractivity (Wildman–Crippen MR) is 94.7 cm³/mol. The zero-order valence-corrected chi connectivity index (χ0v) is 16.1. The molecule has 0 radical (unpaired) electrons. The standard InChI is InChI=1S/C20H32O5/c1-13-7-8-16-19(3,4)9-6-10-20(16,5)17(13)18(23)25-12-15(22)11-24-14(2)21/h7,15-17,22H,6,8-12H2,1-5H3/t15?,16-,17?,20-/m0/s1. The van der Waals surface area contributed by atoms with Crippen molar-refractivity contribution in [2.75, 3.05) is 13.2 Å². The molecule has 1 N–H and O–H groups in total. The molecule has 0 saturated heterocycles. The van der Waals surface area contributed by atoms with Gasteiger partial charge in [0.25, 0.3) is 0 Å². The molecule has 0 aromatic carbocycles. The molecule has 0 spiro atoms. The summed E-state index contributed by atoms with van der Waals surface area (Å²) in [6.07, 6.45) is 5.51. The molecule has 0 aliphatic heterocycles. The highest BCUT2D eigenvalue weighted by Gasteiger charge is 2.54. The summed E-state index contributed by atoms with van der Waals surface area (Å²) in [6.45, 7) is 9.79. The smallest absolute Gasteiger partial charge is 0.313 e. The van der Waals surface area contributed by atoms with Gasteiger partial charge in [-0.3, -0.25) is 9.59 Å². The SMILES string of the molecule is CC(=O)OCC(O)COC(=O)C1C(C)=CC[C@H]2C(C)(C)CCC[C@]12C. The van der Waals surface area contributed by atoms with E-state index in [9.17, 15) is 14.7 Å². The third-order valence-electron chi connectivity index (χ3n) is 6.20. The lowest BCUT2D eigenvalue weighted by Gasteiger charge is -2.55. The molecule has 4 atom stereocenters. The lowest BCUT2D eigenvalue weighted by Crippen LogP contribution is -2.51.